The molecule has 5 nitrogen and oxygen atoms in total. The first-order chi connectivity index (χ1) is 10.8. The Bertz CT molecular complexity index is 847. The van der Waals surface area contributed by atoms with Crippen molar-refractivity contribution in [2.45, 2.75) is 25.8 Å². The van der Waals surface area contributed by atoms with E-state index in [1.807, 2.05) is 35.0 Å². The van der Waals surface area contributed by atoms with E-state index >= 15 is 0 Å². The molecule has 0 aliphatic carbocycles. The van der Waals surface area contributed by atoms with Gasteiger partial charge in [-0.25, -0.2) is 0 Å². The number of benzene rings is 1. The van der Waals surface area contributed by atoms with Gasteiger partial charge in [-0.3, -0.25) is 14.5 Å². The number of aryl methyl sites for hydroxylation is 1. The summed E-state index contributed by atoms with van der Waals surface area (Å²) in [6.07, 6.45) is 6.57. The molecule has 0 fully saturated rings. The molecule has 1 aromatic carbocycles. The lowest BCUT2D eigenvalue weighted by atomic mass is 10.1. The fraction of sp³-hybridized carbons (Fsp3) is 0.235. The molecule has 22 heavy (non-hydrogen) atoms. The van der Waals surface area contributed by atoms with Crippen LogP contribution >= 0.6 is 0 Å². The minimum Gasteiger partial charge on any atom is -0.320 e. The van der Waals surface area contributed by atoms with Crippen molar-refractivity contribution in [2.75, 3.05) is 5.32 Å². The van der Waals surface area contributed by atoms with Gasteiger partial charge in [0.15, 0.2) is 0 Å². The fourth-order valence-electron chi connectivity index (χ4n) is 3.01. The van der Waals surface area contributed by atoms with Crippen LogP contribution < -0.4 is 5.32 Å². The molecule has 1 N–H and O–H groups in total. The molecule has 1 amide bonds. The van der Waals surface area contributed by atoms with E-state index in [9.17, 15) is 4.79 Å². The van der Waals surface area contributed by atoms with Crippen LogP contribution in [-0.2, 0) is 13.0 Å². The number of carbonyl (C=O) groups excluding carboxylic acids is 1. The Balaban J connectivity index is 1.68. The maximum atomic E-state index is 12.6. The van der Waals surface area contributed by atoms with Crippen LogP contribution in [0, 0.1) is 0 Å². The van der Waals surface area contributed by atoms with Crippen LogP contribution in [0.15, 0.2) is 42.7 Å². The Morgan fingerprint density at radius 3 is 3.05 bits per heavy atom. The second-order valence-corrected chi connectivity index (χ2v) is 5.52. The number of anilines is 1. The number of carbonyl (C=O) groups is 1. The lowest BCUT2D eigenvalue weighted by molar-refractivity contribution is 0.102. The SMILES string of the molecule is O=C(Nc1cccc2cccnc12)c1cnn2c1CCCC2. The molecular formula is C17H16N4O. The van der Waals surface area contributed by atoms with Crippen LogP contribution in [0.25, 0.3) is 10.9 Å². The molecule has 110 valence electrons. The van der Waals surface area contributed by atoms with Crippen molar-refractivity contribution in [3.63, 3.8) is 0 Å². The minimum absolute atomic E-state index is 0.110. The van der Waals surface area contributed by atoms with Crippen LogP contribution in [0.3, 0.4) is 0 Å². The fourth-order valence-corrected chi connectivity index (χ4v) is 3.01. The Morgan fingerprint density at radius 1 is 1.18 bits per heavy atom. The van der Waals surface area contributed by atoms with E-state index in [4.69, 9.17) is 0 Å². The van der Waals surface area contributed by atoms with Crippen molar-refractivity contribution in [1.29, 1.82) is 0 Å². The van der Waals surface area contributed by atoms with Crippen molar-refractivity contribution in [3.8, 4) is 0 Å². The molecule has 3 aromatic rings. The third kappa shape index (κ3) is 2.15. The maximum Gasteiger partial charge on any atom is 0.259 e. The highest BCUT2D eigenvalue weighted by Gasteiger charge is 2.20. The molecule has 0 saturated carbocycles. The first-order valence-corrected chi connectivity index (χ1v) is 7.53. The number of fused-ring (bicyclic) bond motifs is 2. The lowest BCUT2D eigenvalue weighted by Gasteiger charge is -2.14. The molecule has 0 saturated heterocycles. The molecule has 5 heteroatoms. The zero-order valence-corrected chi connectivity index (χ0v) is 12.1. The quantitative estimate of drug-likeness (QED) is 0.790. The Morgan fingerprint density at radius 2 is 2.09 bits per heavy atom. The third-order valence-electron chi connectivity index (χ3n) is 4.11. The van der Waals surface area contributed by atoms with E-state index in [2.05, 4.69) is 15.4 Å². The van der Waals surface area contributed by atoms with Crippen LogP contribution in [0.4, 0.5) is 5.69 Å². The highest BCUT2D eigenvalue weighted by molar-refractivity contribution is 6.08. The van der Waals surface area contributed by atoms with E-state index in [0.29, 0.717) is 5.56 Å². The van der Waals surface area contributed by atoms with Gasteiger partial charge in [0, 0.05) is 18.1 Å². The Labute approximate surface area is 128 Å². The van der Waals surface area contributed by atoms with E-state index in [1.54, 1.807) is 12.4 Å². The van der Waals surface area contributed by atoms with Gasteiger partial charge in [-0.15, -0.1) is 0 Å². The van der Waals surface area contributed by atoms with Crippen molar-refractivity contribution < 1.29 is 4.79 Å². The van der Waals surface area contributed by atoms with Gasteiger partial charge >= 0.3 is 0 Å². The topological polar surface area (TPSA) is 59.8 Å². The zero-order chi connectivity index (χ0) is 14.9. The number of hydrogen-bond donors (Lipinski definition) is 1. The molecule has 0 radical (unpaired) electrons. The second-order valence-electron chi connectivity index (χ2n) is 5.52. The summed E-state index contributed by atoms with van der Waals surface area (Å²) in [4.78, 5) is 17.0. The molecule has 0 unspecified atom stereocenters. The van der Waals surface area contributed by atoms with Gasteiger partial charge in [0.25, 0.3) is 5.91 Å². The van der Waals surface area contributed by atoms with E-state index in [-0.39, 0.29) is 5.91 Å². The van der Waals surface area contributed by atoms with Gasteiger partial charge < -0.3 is 5.32 Å². The Kier molecular flexibility index (Phi) is 3.11. The molecule has 1 aliphatic rings. The molecule has 0 bridgehead atoms. The molecule has 3 heterocycles. The first kappa shape index (κ1) is 13.0. The smallest absolute Gasteiger partial charge is 0.259 e. The normalized spacial score (nSPS) is 13.8. The summed E-state index contributed by atoms with van der Waals surface area (Å²) < 4.78 is 1.94. The van der Waals surface area contributed by atoms with Crippen molar-refractivity contribution in [3.05, 3.63) is 54.0 Å². The van der Waals surface area contributed by atoms with Crippen molar-refractivity contribution in [2.24, 2.45) is 0 Å². The molecule has 0 spiro atoms. The van der Waals surface area contributed by atoms with E-state index in [0.717, 1.165) is 48.1 Å². The number of hydrogen-bond acceptors (Lipinski definition) is 3. The summed E-state index contributed by atoms with van der Waals surface area (Å²) >= 11 is 0. The second kappa shape index (κ2) is 5.26. The van der Waals surface area contributed by atoms with Gasteiger partial charge in [0.1, 0.15) is 0 Å². The number of nitrogens with one attached hydrogen (secondary N) is 1. The van der Waals surface area contributed by atoms with Crippen molar-refractivity contribution >= 4 is 22.5 Å². The van der Waals surface area contributed by atoms with Crippen LogP contribution in [-0.4, -0.2) is 20.7 Å². The number of rotatable bonds is 2. The van der Waals surface area contributed by atoms with Crippen molar-refractivity contribution in [1.82, 2.24) is 14.8 Å². The predicted molar refractivity (Wildman–Crippen MR) is 84.9 cm³/mol. The highest BCUT2D eigenvalue weighted by Crippen LogP contribution is 2.23. The Hall–Kier alpha value is -2.69. The van der Waals surface area contributed by atoms with Crippen LogP contribution in [0.5, 0.6) is 0 Å². The monoisotopic (exact) mass is 292 g/mol. The zero-order valence-electron chi connectivity index (χ0n) is 12.1. The minimum atomic E-state index is -0.110. The van der Waals surface area contributed by atoms with Gasteiger partial charge in [-0.1, -0.05) is 18.2 Å². The number of para-hydroxylation sites is 1. The third-order valence-corrected chi connectivity index (χ3v) is 4.11. The van der Waals surface area contributed by atoms with Gasteiger partial charge in [0.05, 0.1) is 28.7 Å². The molecule has 4 rings (SSSR count). The lowest BCUT2D eigenvalue weighted by Crippen LogP contribution is -2.17. The summed E-state index contributed by atoms with van der Waals surface area (Å²) in [5, 5.41) is 8.32. The number of pyridine rings is 1. The standard InChI is InChI=1S/C17H16N4O/c22-17(13-11-19-21-10-2-1-8-15(13)21)20-14-7-3-5-12-6-4-9-18-16(12)14/h3-7,9,11H,1-2,8,10H2,(H,20,22). The molecular weight excluding hydrogens is 276 g/mol. The number of aromatic nitrogens is 3. The van der Waals surface area contributed by atoms with Gasteiger partial charge in [0.2, 0.25) is 0 Å². The molecule has 2 aromatic heterocycles. The van der Waals surface area contributed by atoms with Gasteiger partial charge in [-0.05, 0) is 31.4 Å². The molecule has 1 aliphatic heterocycles. The summed E-state index contributed by atoms with van der Waals surface area (Å²) in [5.41, 5.74) is 3.25. The largest absolute Gasteiger partial charge is 0.320 e. The van der Waals surface area contributed by atoms with E-state index in [1.165, 1.54) is 0 Å². The summed E-state index contributed by atoms with van der Waals surface area (Å²) in [7, 11) is 0. The number of nitrogens with zero attached hydrogens (tertiary/aromatic N) is 3. The van der Waals surface area contributed by atoms with Crippen LogP contribution in [0.1, 0.15) is 28.9 Å². The average Bonchev–Trinajstić information content (AvgIpc) is 2.99. The predicted octanol–water partition coefficient (Wildman–Crippen LogP) is 3.02. The highest BCUT2D eigenvalue weighted by atomic mass is 16.1. The first-order valence-electron chi connectivity index (χ1n) is 7.53. The van der Waals surface area contributed by atoms with Crippen LogP contribution in [0.2, 0.25) is 0 Å². The maximum absolute atomic E-state index is 12.6. The van der Waals surface area contributed by atoms with E-state index < -0.39 is 0 Å². The summed E-state index contributed by atoms with van der Waals surface area (Å²) in [5.74, 6) is -0.110. The molecule has 0 atom stereocenters. The summed E-state index contributed by atoms with van der Waals surface area (Å²) in [6.45, 7) is 0.901. The summed E-state index contributed by atoms with van der Waals surface area (Å²) in [6, 6.07) is 9.66. The average molecular weight is 292 g/mol. The number of amides is 1. The van der Waals surface area contributed by atoms with Gasteiger partial charge in [-0.2, -0.15) is 5.10 Å².